The first-order chi connectivity index (χ1) is 14.0. The van der Waals surface area contributed by atoms with Gasteiger partial charge < -0.3 is 19.5 Å². The lowest BCUT2D eigenvalue weighted by Gasteiger charge is -2.17. The van der Waals surface area contributed by atoms with Gasteiger partial charge in [0.05, 0.1) is 20.3 Å². The van der Waals surface area contributed by atoms with Crippen molar-refractivity contribution < 1.29 is 23.8 Å². The van der Waals surface area contributed by atoms with Crippen LogP contribution in [0.15, 0.2) is 60.7 Å². The van der Waals surface area contributed by atoms with Crippen LogP contribution in [0.3, 0.4) is 0 Å². The van der Waals surface area contributed by atoms with Crippen LogP contribution in [-0.2, 0) is 9.53 Å². The van der Waals surface area contributed by atoms with Crippen LogP contribution >= 0.6 is 0 Å². The maximum atomic E-state index is 12.4. The highest BCUT2D eigenvalue weighted by molar-refractivity contribution is 5.95. The Labute approximate surface area is 169 Å². The molecule has 0 heterocycles. The number of methoxy groups -OCH3 is 2. The minimum atomic E-state index is -0.659. The second kappa shape index (κ2) is 9.10. The maximum Gasteiger partial charge on any atom is 0.342 e. The van der Waals surface area contributed by atoms with E-state index in [0.29, 0.717) is 5.75 Å². The Hall–Kier alpha value is -3.54. The van der Waals surface area contributed by atoms with E-state index >= 15 is 0 Å². The van der Waals surface area contributed by atoms with Crippen molar-refractivity contribution in [3.8, 4) is 11.5 Å². The molecule has 150 valence electrons. The summed E-state index contributed by atoms with van der Waals surface area (Å²) >= 11 is 0. The molecule has 0 unspecified atom stereocenters. The number of esters is 1. The summed E-state index contributed by atoms with van der Waals surface area (Å²) in [5.74, 6) is -0.366. The van der Waals surface area contributed by atoms with E-state index in [4.69, 9.17) is 14.2 Å². The van der Waals surface area contributed by atoms with Gasteiger partial charge in [0.1, 0.15) is 5.56 Å². The van der Waals surface area contributed by atoms with Gasteiger partial charge in [0.15, 0.2) is 18.1 Å². The molecule has 6 heteroatoms. The molecule has 1 atom stereocenters. The topological polar surface area (TPSA) is 73.9 Å². The van der Waals surface area contributed by atoms with Crippen LogP contribution in [0.5, 0.6) is 11.5 Å². The largest absolute Gasteiger partial charge is 0.493 e. The van der Waals surface area contributed by atoms with Gasteiger partial charge in [0, 0.05) is 0 Å². The normalized spacial score (nSPS) is 11.6. The molecule has 0 aromatic heterocycles. The van der Waals surface area contributed by atoms with Crippen LogP contribution < -0.4 is 14.8 Å². The number of hydrogen-bond donors (Lipinski definition) is 1. The van der Waals surface area contributed by atoms with Crippen LogP contribution in [0, 0.1) is 0 Å². The summed E-state index contributed by atoms with van der Waals surface area (Å²) in [6, 6.07) is 18.6. The Morgan fingerprint density at radius 1 is 0.931 bits per heavy atom. The molecule has 0 fully saturated rings. The Bertz CT molecular complexity index is 1030. The number of rotatable bonds is 7. The lowest BCUT2D eigenvalue weighted by Crippen LogP contribution is -2.31. The molecule has 0 saturated carbocycles. The number of para-hydroxylation sites is 1. The van der Waals surface area contributed by atoms with Crippen LogP contribution in [0.1, 0.15) is 28.9 Å². The van der Waals surface area contributed by atoms with E-state index in [-0.39, 0.29) is 23.3 Å². The number of carbonyl (C=O) groups excluding carboxylic acids is 2. The zero-order chi connectivity index (χ0) is 20.8. The lowest BCUT2D eigenvalue weighted by atomic mass is 10.00. The minimum absolute atomic E-state index is 0.196. The second-order valence-corrected chi connectivity index (χ2v) is 6.47. The van der Waals surface area contributed by atoms with Crippen LogP contribution in [-0.4, -0.2) is 32.7 Å². The van der Waals surface area contributed by atoms with E-state index in [1.165, 1.54) is 14.2 Å². The summed E-state index contributed by atoms with van der Waals surface area (Å²) in [6.07, 6.45) is 0. The SMILES string of the molecule is COc1cccc(C(=O)OCC(=O)N[C@H](C)c2cccc3ccccc23)c1OC. The molecule has 0 aliphatic carbocycles. The first-order valence-electron chi connectivity index (χ1n) is 9.20. The summed E-state index contributed by atoms with van der Waals surface area (Å²) in [5, 5.41) is 5.04. The molecule has 1 amide bonds. The predicted molar refractivity (Wildman–Crippen MR) is 110 cm³/mol. The molecule has 0 saturated heterocycles. The molecule has 0 aliphatic rings. The van der Waals surface area contributed by atoms with Gasteiger partial charge in [-0.25, -0.2) is 4.79 Å². The first kappa shape index (κ1) is 20.2. The molecule has 29 heavy (non-hydrogen) atoms. The van der Waals surface area contributed by atoms with E-state index in [1.54, 1.807) is 18.2 Å². The van der Waals surface area contributed by atoms with Crippen molar-refractivity contribution in [3.05, 3.63) is 71.8 Å². The molecule has 0 bridgehead atoms. The zero-order valence-electron chi connectivity index (χ0n) is 16.6. The van der Waals surface area contributed by atoms with Gasteiger partial charge in [-0.1, -0.05) is 48.5 Å². The second-order valence-electron chi connectivity index (χ2n) is 6.47. The number of carbonyl (C=O) groups is 2. The minimum Gasteiger partial charge on any atom is -0.493 e. The summed E-state index contributed by atoms with van der Waals surface area (Å²) < 4.78 is 15.6. The van der Waals surface area contributed by atoms with Gasteiger partial charge in [-0.05, 0) is 35.4 Å². The molecule has 6 nitrogen and oxygen atoms in total. The van der Waals surface area contributed by atoms with Gasteiger partial charge in [0.25, 0.3) is 5.91 Å². The van der Waals surface area contributed by atoms with Crippen molar-refractivity contribution >= 4 is 22.6 Å². The van der Waals surface area contributed by atoms with Crippen molar-refractivity contribution in [2.45, 2.75) is 13.0 Å². The highest BCUT2D eigenvalue weighted by Crippen LogP contribution is 2.31. The fraction of sp³-hybridized carbons (Fsp3) is 0.217. The van der Waals surface area contributed by atoms with Gasteiger partial charge >= 0.3 is 5.97 Å². The summed E-state index contributed by atoms with van der Waals surface area (Å²) in [4.78, 5) is 24.7. The van der Waals surface area contributed by atoms with Gasteiger partial charge in [-0.3, -0.25) is 4.79 Å². The summed E-state index contributed by atoms with van der Waals surface area (Å²) in [6.45, 7) is 1.50. The number of hydrogen-bond acceptors (Lipinski definition) is 5. The smallest absolute Gasteiger partial charge is 0.342 e. The summed E-state index contributed by atoms with van der Waals surface area (Å²) in [7, 11) is 2.92. The van der Waals surface area contributed by atoms with Crippen molar-refractivity contribution in [2.75, 3.05) is 20.8 Å². The molecule has 3 rings (SSSR count). The quantitative estimate of drug-likeness (QED) is 0.617. The zero-order valence-corrected chi connectivity index (χ0v) is 16.6. The fourth-order valence-electron chi connectivity index (χ4n) is 3.25. The van der Waals surface area contributed by atoms with Crippen LogP contribution in [0.2, 0.25) is 0 Å². The standard InChI is InChI=1S/C23H23NO5/c1-15(17-11-6-9-16-8-4-5-10-18(16)17)24-21(25)14-29-23(26)19-12-7-13-20(27-2)22(19)28-3/h4-13,15H,14H2,1-3H3,(H,24,25)/t15-/m1/s1. The van der Waals surface area contributed by atoms with Crippen molar-refractivity contribution in [2.24, 2.45) is 0 Å². The first-order valence-corrected chi connectivity index (χ1v) is 9.20. The number of amides is 1. The van der Waals surface area contributed by atoms with E-state index in [0.717, 1.165) is 16.3 Å². The van der Waals surface area contributed by atoms with E-state index < -0.39 is 12.6 Å². The highest BCUT2D eigenvalue weighted by atomic mass is 16.5. The third kappa shape index (κ3) is 4.48. The van der Waals surface area contributed by atoms with Gasteiger partial charge in [-0.2, -0.15) is 0 Å². The molecule has 0 aliphatic heterocycles. The number of nitrogens with one attached hydrogen (secondary N) is 1. The third-order valence-corrected chi connectivity index (χ3v) is 4.62. The molecule has 0 radical (unpaired) electrons. The van der Waals surface area contributed by atoms with Gasteiger partial charge in [0.2, 0.25) is 0 Å². The molecule has 3 aromatic rings. The number of benzene rings is 3. The Balaban J connectivity index is 1.65. The number of fused-ring (bicyclic) bond motifs is 1. The monoisotopic (exact) mass is 393 g/mol. The van der Waals surface area contributed by atoms with Gasteiger partial charge in [-0.15, -0.1) is 0 Å². The molecule has 0 spiro atoms. The average molecular weight is 393 g/mol. The average Bonchev–Trinajstić information content (AvgIpc) is 2.76. The van der Waals surface area contributed by atoms with Crippen molar-refractivity contribution in [1.29, 1.82) is 0 Å². The Kier molecular flexibility index (Phi) is 6.34. The van der Waals surface area contributed by atoms with Crippen molar-refractivity contribution in [3.63, 3.8) is 0 Å². The predicted octanol–water partition coefficient (Wildman–Crippen LogP) is 3.89. The van der Waals surface area contributed by atoms with E-state index in [9.17, 15) is 9.59 Å². The molecular formula is C23H23NO5. The Morgan fingerprint density at radius 3 is 2.41 bits per heavy atom. The fourth-order valence-corrected chi connectivity index (χ4v) is 3.25. The summed E-state index contributed by atoms with van der Waals surface area (Å²) in [5.41, 5.74) is 1.19. The lowest BCUT2D eigenvalue weighted by molar-refractivity contribution is -0.124. The number of ether oxygens (including phenoxy) is 3. The highest BCUT2D eigenvalue weighted by Gasteiger charge is 2.19. The van der Waals surface area contributed by atoms with E-state index in [2.05, 4.69) is 5.32 Å². The third-order valence-electron chi connectivity index (χ3n) is 4.62. The maximum absolute atomic E-state index is 12.4. The molecule has 1 N–H and O–H groups in total. The van der Waals surface area contributed by atoms with Crippen molar-refractivity contribution in [1.82, 2.24) is 5.32 Å². The van der Waals surface area contributed by atoms with Crippen LogP contribution in [0.4, 0.5) is 0 Å². The Morgan fingerprint density at radius 2 is 1.66 bits per heavy atom. The molecule has 3 aromatic carbocycles. The molecular weight excluding hydrogens is 370 g/mol. The van der Waals surface area contributed by atoms with Crippen LogP contribution in [0.25, 0.3) is 10.8 Å². The van der Waals surface area contributed by atoms with E-state index in [1.807, 2.05) is 49.4 Å².